The maximum atomic E-state index is 4.69. The van der Waals surface area contributed by atoms with Crippen molar-refractivity contribution in [1.82, 2.24) is 0 Å². The molecule has 1 atom stereocenters. The second-order valence-electron chi connectivity index (χ2n) is 4.44. The Kier molecular flexibility index (Phi) is 12.2. The standard InChI is InChI=1S/C13H21N.2C2H6/c1-9(2)12(5)14-13-10(3)7-6-8-11(13)4;2*1-2/h10H,1,6-8H2,2-5H3;2*1-2H3. The van der Waals surface area contributed by atoms with Crippen molar-refractivity contribution in [2.75, 3.05) is 0 Å². The smallest absolute Gasteiger partial charge is 0.0424 e. The minimum Gasteiger partial charge on any atom is -0.258 e. The molecule has 0 amide bonds. The highest BCUT2D eigenvalue weighted by atomic mass is 14.8. The Morgan fingerprint density at radius 3 is 2.06 bits per heavy atom. The maximum Gasteiger partial charge on any atom is 0.0424 e. The van der Waals surface area contributed by atoms with E-state index in [0.717, 1.165) is 11.3 Å². The minimum absolute atomic E-state index is 0.623. The SMILES string of the molecule is C=C(C)C(C)=NC1=C(C)CCCC1C.CC.CC. The normalized spacial score (nSPS) is 19.3. The van der Waals surface area contributed by atoms with Crippen molar-refractivity contribution in [2.45, 2.75) is 74.7 Å². The molecule has 1 aliphatic carbocycles. The zero-order valence-corrected chi connectivity index (χ0v) is 13.9. The van der Waals surface area contributed by atoms with Gasteiger partial charge in [0.15, 0.2) is 0 Å². The molecule has 0 fully saturated rings. The molecule has 0 aliphatic heterocycles. The molecule has 0 aromatic rings. The molecule has 0 spiro atoms. The molecular formula is C17H33N. The second kappa shape index (κ2) is 11.3. The lowest BCUT2D eigenvalue weighted by Gasteiger charge is -2.21. The van der Waals surface area contributed by atoms with Gasteiger partial charge in [0.05, 0.1) is 0 Å². The van der Waals surface area contributed by atoms with Crippen molar-refractivity contribution < 1.29 is 0 Å². The maximum absolute atomic E-state index is 4.69. The summed E-state index contributed by atoms with van der Waals surface area (Å²) in [6, 6.07) is 0. The van der Waals surface area contributed by atoms with Gasteiger partial charge in [-0.25, -0.2) is 0 Å². The van der Waals surface area contributed by atoms with Crippen LogP contribution in [0.5, 0.6) is 0 Å². The monoisotopic (exact) mass is 251 g/mol. The number of nitrogens with zero attached hydrogens (tertiary/aromatic N) is 1. The molecule has 0 aromatic carbocycles. The van der Waals surface area contributed by atoms with Crippen molar-refractivity contribution in [3.8, 4) is 0 Å². The number of allylic oxidation sites excluding steroid dienone is 3. The van der Waals surface area contributed by atoms with Crippen molar-refractivity contribution >= 4 is 5.71 Å². The summed E-state index contributed by atoms with van der Waals surface area (Å²) in [4.78, 5) is 4.69. The Labute approximate surface area is 115 Å². The van der Waals surface area contributed by atoms with Crippen LogP contribution in [0.15, 0.2) is 28.4 Å². The van der Waals surface area contributed by atoms with E-state index in [1.54, 1.807) is 0 Å². The van der Waals surface area contributed by atoms with E-state index in [9.17, 15) is 0 Å². The molecule has 1 unspecified atom stereocenters. The number of hydrogen-bond acceptors (Lipinski definition) is 1. The lowest BCUT2D eigenvalue weighted by molar-refractivity contribution is 0.530. The number of hydrogen-bond donors (Lipinski definition) is 0. The van der Waals surface area contributed by atoms with Gasteiger partial charge in [0, 0.05) is 11.4 Å². The van der Waals surface area contributed by atoms with Crippen LogP contribution in [0.3, 0.4) is 0 Å². The third kappa shape index (κ3) is 6.78. The lowest BCUT2D eigenvalue weighted by Crippen LogP contribution is -2.08. The van der Waals surface area contributed by atoms with Crippen molar-refractivity contribution in [2.24, 2.45) is 10.9 Å². The molecule has 106 valence electrons. The Morgan fingerprint density at radius 2 is 1.67 bits per heavy atom. The lowest BCUT2D eigenvalue weighted by atomic mass is 9.89. The summed E-state index contributed by atoms with van der Waals surface area (Å²) in [5.41, 5.74) is 4.91. The minimum atomic E-state index is 0.623. The van der Waals surface area contributed by atoms with E-state index in [1.807, 2.05) is 41.5 Å². The molecule has 0 N–H and O–H groups in total. The summed E-state index contributed by atoms with van der Waals surface area (Å²) in [6.07, 6.45) is 3.81. The van der Waals surface area contributed by atoms with Gasteiger partial charge < -0.3 is 0 Å². The van der Waals surface area contributed by atoms with Crippen LogP contribution in [-0.2, 0) is 0 Å². The predicted octanol–water partition coefficient (Wildman–Crippen LogP) is 6.17. The highest BCUT2D eigenvalue weighted by Gasteiger charge is 2.16. The largest absolute Gasteiger partial charge is 0.258 e. The van der Waals surface area contributed by atoms with E-state index >= 15 is 0 Å². The fourth-order valence-electron chi connectivity index (χ4n) is 1.84. The summed E-state index contributed by atoms with van der Waals surface area (Å²) in [7, 11) is 0. The predicted molar refractivity (Wildman–Crippen MR) is 86.3 cm³/mol. The van der Waals surface area contributed by atoms with E-state index in [-0.39, 0.29) is 0 Å². The van der Waals surface area contributed by atoms with Crippen LogP contribution in [0.1, 0.15) is 74.7 Å². The first-order chi connectivity index (χ1) is 8.52. The summed E-state index contributed by atoms with van der Waals surface area (Å²) < 4.78 is 0. The molecule has 0 saturated heterocycles. The topological polar surface area (TPSA) is 12.4 Å². The molecule has 0 heterocycles. The quantitative estimate of drug-likeness (QED) is 0.520. The van der Waals surface area contributed by atoms with Gasteiger partial charge in [0.2, 0.25) is 0 Å². The van der Waals surface area contributed by atoms with E-state index in [0.29, 0.717) is 5.92 Å². The fourth-order valence-corrected chi connectivity index (χ4v) is 1.84. The number of aliphatic imine (C=N–C) groups is 1. The van der Waals surface area contributed by atoms with Crippen molar-refractivity contribution in [3.63, 3.8) is 0 Å². The summed E-state index contributed by atoms with van der Waals surface area (Å²) in [6.45, 7) is 20.5. The van der Waals surface area contributed by atoms with Crippen LogP contribution in [0.4, 0.5) is 0 Å². The van der Waals surface area contributed by atoms with Crippen LogP contribution >= 0.6 is 0 Å². The molecule has 1 aliphatic rings. The zero-order valence-electron chi connectivity index (χ0n) is 13.9. The van der Waals surface area contributed by atoms with Crippen molar-refractivity contribution in [1.29, 1.82) is 0 Å². The molecule has 1 rings (SSSR count). The summed E-state index contributed by atoms with van der Waals surface area (Å²) in [5.74, 6) is 0.623. The van der Waals surface area contributed by atoms with Gasteiger partial charge in [0.1, 0.15) is 0 Å². The summed E-state index contributed by atoms with van der Waals surface area (Å²) in [5, 5.41) is 0. The zero-order chi connectivity index (χ0) is 14.7. The Hall–Kier alpha value is -0.850. The first kappa shape index (κ1) is 19.5. The van der Waals surface area contributed by atoms with E-state index < -0.39 is 0 Å². The third-order valence-corrected chi connectivity index (χ3v) is 3.00. The Balaban J connectivity index is 0. The van der Waals surface area contributed by atoms with Gasteiger partial charge >= 0.3 is 0 Å². The summed E-state index contributed by atoms with van der Waals surface area (Å²) >= 11 is 0. The van der Waals surface area contributed by atoms with Gasteiger partial charge in [-0.15, -0.1) is 0 Å². The van der Waals surface area contributed by atoms with E-state index in [4.69, 9.17) is 4.99 Å². The van der Waals surface area contributed by atoms with Gasteiger partial charge in [-0.05, 0) is 51.5 Å². The molecule has 1 nitrogen and oxygen atoms in total. The first-order valence-electron chi connectivity index (χ1n) is 7.43. The van der Waals surface area contributed by atoms with Gasteiger partial charge in [0.25, 0.3) is 0 Å². The fraction of sp³-hybridized carbons (Fsp3) is 0.706. The highest BCUT2D eigenvalue weighted by Crippen LogP contribution is 2.30. The van der Waals surface area contributed by atoms with Crippen LogP contribution < -0.4 is 0 Å². The molecule has 0 saturated carbocycles. The van der Waals surface area contributed by atoms with Gasteiger partial charge in [-0.1, -0.05) is 46.8 Å². The Morgan fingerprint density at radius 1 is 1.17 bits per heavy atom. The first-order valence-corrected chi connectivity index (χ1v) is 7.43. The van der Waals surface area contributed by atoms with Crippen LogP contribution in [0.25, 0.3) is 0 Å². The van der Waals surface area contributed by atoms with E-state index in [1.165, 1.54) is 30.5 Å². The average Bonchev–Trinajstić information content (AvgIpc) is 2.38. The second-order valence-corrected chi connectivity index (χ2v) is 4.44. The van der Waals surface area contributed by atoms with Crippen LogP contribution in [0, 0.1) is 5.92 Å². The average molecular weight is 251 g/mol. The molecule has 18 heavy (non-hydrogen) atoms. The third-order valence-electron chi connectivity index (χ3n) is 3.00. The molecule has 1 heteroatoms. The van der Waals surface area contributed by atoms with Crippen LogP contribution in [0.2, 0.25) is 0 Å². The van der Waals surface area contributed by atoms with Crippen LogP contribution in [-0.4, -0.2) is 5.71 Å². The Bertz CT molecular complexity index is 295. The molecule has 0 aromatic heterocycles. The highest BCUT2D eigenvalue weighted by molar-refractivity contribution is 5.97. The number of rotatable bonds is 2. The van der Waals surface area contributed by atoms with Gasteiger partial charge in [-0.3, -0.25) is 4.99 Å². The van der Waals surface area contributed by atoms with E-state index in [2.05, 4.69) is 20.4 Å². The molecule has 0 radical (unpaired) electrons. The van der Waals surface area contributed by atoms with Gasteiger partial charge in [-0.2, -0.15) is 0 Å². The van der Waals surface area contributed by atoms with Crippen molar-refractivity contribution in [3.05, 3.63) is 23.4 Å². The molecular weight excluding hydrogens is 218 g/mol. The molecule has 0 bridgehead atoms.